The lowest BCUT2D eigenvalue weighted by Crippen LogP contribution is -2.24. The quantitative estimate of drug-likeness (QED) is 0.723. The lowest BCUT2D eigenvalue weighted by atomic mass is 10.1. The van der Waals surface area contributed by atoms with Gasteiger partial charge in [-0.1, -0.05) is 19.1 Å². The smallest absolute Gasteiger partial charge is 0.227 e. The van der Waals surface area contributed by atoms with E-state index < -0.39 is 0 Å². The highest BCUT2D eigenvalue weighted by molar-refractivity contribution is 5.96. The van der Waals surface area contributed by atoms with E-state index in [4.69, 9.17) is 0 Å². The lowest BCUT2D eigenvalue weighted by Gasteiger charge is -2.19. The molecule has 1 aromatic rings. The Hall–Kier alpha value is -1.31. The molecule has 1 aliphatic heterocycles. The van der Waals surface area contributed by atoms with Gasteiger partial charge in [0, 0.05) is 18.7 Å². The second-order valence-corrected chi connectivity index (χ2v) is 4.13. The zero-order chi connectivity index (χ0) is 10.8. The predicted molar refractivity (Wildman–Crippen MR) is 62.1 cm³/mol. The van der Waals surface area contributed by atoms with E-state index >= 15 is 0 Å². The van der Waals surface area contributed by atoms with Crippen LogP contribution in [0, 0.1) is 6.92 Å². The van der Waals surface area contributed by atoms with Gasteiger partial charge in [-0.05, 0) is 37.0 Å². The summed E-state index contributed by atoms with van der Waals surface area (Å²) in [6.45, 7) is 5.09. The Kier molecular flexibility index (Phi) is 2.76. The maximum Gasteiger partial charge on any atom is 0.227 e. The van der Waals surface area contributed by atoms with Crippen molar-refractivity contribution in [3.63, 3.8) is 0 Å². The summed E-state index contributed by atoms with van der Waals surface area (Å²) in [6, 6.07) is 6.38. The molecule has 0 spiro atoms. The Morgan fingerprint density at radius 3 is 2.80 bits per heavy atom. The molecule has 2 nitrogen and oxygen atoms in total. The molecule has 15 heavy (non-hydrogen) atoms. The van der Waals surface area contributed by atoms with Gasteiger partial charge in [-0.3, -0.25) is 4.79 Å². The highest BCUT2D eigenvalue weighted by Crippen LogP contribution is 2.26. The number of amides is 1. The first-order valence-electron chi connectivity index (χ1n) is 5.62. The number of nitrogens with zero attached hydrogens (tertiary/aromatic N) is 1. The topological polar surface area (TPSA) is 20.3 Å². The molecule has 0 atom stereocenters. The number of rotatable bonds is 2. The summed E-state index contributed by atoms with van der Waals surface area (Å²) >= 11 is 0. The molecule has 0 aliphatic carbocycles. The van der Waals surface area contributed by atoms with E-state index in [1.807, 2.05) is 4.90 Å². The van der Waals surface area contributed by atoms with Crippen molar-refractivity contribution in [1.82, 2.24) is 0 Å². The fourth-order valence-electron chi connectivity index (χ4n) is 2.13. The maximum atomic E-state index is 11.7. The molecule has 1 aromatic carbocycles. The lowest BCUT2D eigenvalue weighted by molar-refractivity contribution is -0.117. The SMILES string of the molecule is CCc1ccc(C)cc1N1CCCC1=O. The van der Waals surface area contributed by atoms with Gasteiger partial charge >= 0.3 is 0 Å². The van der Waals surface area contributed by atoms with Gasteiger partial charge in [0.25, 0.3) is 0 Å². The Balaban J connectivity index is 2.40. The molecule has 0 bridgehead atoms. The Morgan fingerprint density at radius 2 is 2.20 bits per heavy atom. The van der Waals surface area contributed by atoms with Crippen LogP contribution in [0.1, 0.15) is 30.9 Å². The van der Waals surface area contributed by atoms with Crippen LogP contribution >= 0.6 is 0 Å². The maximum absolute atomic E-state index is 11.7. The molecule has 1 aliphatic rings. The number of benzene rings is 1. The third kappa shape index (κ3) is 1.89. The van der Waals surface area contributed by atoms with Gasteiger partial charge in [0.05, 0.1) is 0 Å². The highest BCUT2D eigenvalue weighted by Gasteiger charge is 2.23. The Bertz CT molecular complexity index is 384. The van der Waals surface area contributed by atoms with Crippen LogP contribution in [-0.4, -0.2) is 12.5 Å². The first-order chi connectivity index (χ1) is 7.22. The van der Waals surface area contributed by atoms with Crippen LogP contribution in [0.25, 0.3) is 0 Å². The number of anilines is 1. The summed E-state index contributed by atoms with van der Waals surface area (Å²) in [5.41, 5.74) is 3.62. The van der Waals surface area contributed by atoms with E-state index in [0.717, 1.165) is 25.1 Å². The first kappa shape index (κ1) is 10.2. The van der Waals surface area contributed by atoms with Crippen LogP contribution in [0.3, 0.4) is 0 Å². The molecule has 1 fully saturated rings. The standard InChI is InChI=1S/C13H17NO/c1-3-11-7-6-10(2)9-12(11)14-8-4-5-13(14)15/h6-7,9H,3-5,8H2,1-2H3. The molecule has 0 N–H and O–H groups in total. The van der Waals surface area contributed by atoms with Gasteiger partial charge < -0.3 is 4.90 Å². The zero-order valence-corrected chi connectivity index (χ0v) is 9.42. The van der Waals surface area contributed by atoms with Gasteiger partial charge in [0.1, 0.15) is 0 Å². The summed E-state index contributed by atoms with van der Waals surface area (Å²) < 4.78 is 0. The molecular formula is C13H17NO. The fraction of sp³-hybridized carbons (Fsp3) is 0.462. The highest BCUT2D eigenvalue weighted by atomic mass is 16.2. The molecule has 1 saturated heterocycles. The molecule has 2 rings (SSSR count). The molecule has 0 saturated carbocycles. The van der Waals surface area contributed by atoms with Crippen molar-refractivity contribution in [2.75, 3.05) is 11.4 Å². The molecule has 0 radical (unpaired) electrons. The van der Waals surface area contributed by atoms with Gasteiger partial charge in [-0.15, -0.1) is 0 Å². The van der Waals surface area contributed by atoms with Gasteiger partial charge in [-0.25, -0.2) is 0 Å². The molecule has 2 heteroatoms. The van der Waals surface area contributed by atoms with Crippen molar-refractivity contribution in [1.29, 1.82) is 0 Å². The molecule has 1 heterocycles. The van der Waals surface area contributed by atoms with E-state index in [-0.39, 0.29) is 5.91 Å². The van der Waals surface area contributed by atoms with Crippen LogP contribution in [-0.2, 0) is 11.2 Å². The van der Waals surface area contributed by atoms with Crippen molar-refractivity contribution >= 4 is 11.6 Å². The van der Waals surface area contributed by atoms with Crippen molar-refractivity contribution in [3.05, 3.63) is 29.3 Å². The minimum atomic E-state index is 0.273. The summed E-state index contributed by atoms with van der Waals surface area (Å²) in [4.78, 5) is 13.6. The minimum Gasteiger partial charge on any atom is -0.312 e. The summed E-state index contributed by atoms with van der Waals surface area (Å²) in [6.07, 6.45) is 2.69. The van der Waals surface area contributed by atoms with Gasteiger partial charge in [0.2, 0.25) is 5.91 Å². The largest absolute Gasteiger partial charge is 0.312 e. The average molecular weight is 203 g/mol. The molecule has 0 aromatic heterocycles. The monoisotopic (exact) mass is 203 g/mol. The second-order valence-electron chi connectivity index (χ2n) is 4.13. The van der Waals surface area contributed by atoms with E-state index in [2.05, 4.69) is 32.0 Å². The minimum absolute atomic E-state index is 0.273. The van der Waals surface area contributed by atoms with E-state index in [1.165, 1.54) is 11.1 Å². The first-order valence-corrected chi connectivity index (χ1v) is 5.62. The predicted octanol–water partition coefficient (Wildman–Crippen LogP) is 2.68. The number of hydrogen-bond acceptors (Lipinski definition) is 1. The second kappa shape index (κ2) is 4.05. The molecular weight excluding hydrogens is 186 g/mol. The van der Waals surface area contributed by atoms with Crippen molar-refractivity contribution in [2.45, 2.75) is 33.1 Å². The summed E-state index contributed by atoms with van der Waals surface area (Å²) in [5, 5.41) is 0. The van der Waals surface area contributed by atoms with Crippen LogP contribution in [0.15, 0.2) is 18.2 Å². The molecule has 80 valence electrons. The Morgan fingerprint density at radius 1 is 1.40 bits per heavy atom. The van der Waals surface area contributed by atoms with E-state index in [9.17, 15) is 4.79 Å². The van der Waals surface area contributed by atoms with Crippen molar-refractivity contribution in [3.8, 4) is 0 Å². The number of carbonyl (C=O) groups excluding carboxylic acids is 1. The van der Waals surface area contributed by atoms with Gasteiger partial charge in [0.15, 0.2) is 0 Å². The van der Waals surface area contributed by atoms with E-state index in [0.29, 0.717) is 6.42 Å². The number of hydrogen-bond donors (Lipinski definition) is 0. The number of aryl methyl sites for hydroxylation is 2. The van der Waals surface area contributed by atoms with Gasteiger partial charge in [-0.2, -0.15) is 0 Å². The van der Waals surface area contributed by atoms with E-state index in [1.54, 1.807) is 0 Å². The van der Waals surface area contributed by atoms with Crippen LogP contribution in [0.4, 0.5) is 5.69 Å². The molecule has 0 unspecified atom stereocenters. The molecule has 1 amide bonds. The Labute approximate surface area is 90.9 Å². The van der Waals surface area contributed by atoms with Crippen LogP contribution in [0.5, 0.6) is 0 Å². The number of carbonyl (C=O) groups is 1. The average Bonchev–Trinajstić information content (AvgIpc) is 2.64. The zero-order valence-electron chi connectivity index (χ0n) is 9.42. The van der Waals surface area contributed by atoms with Crippen LogP contribution in [0.2, 0.25) is 0 Å². The van der Waals surface area contributed by atoms with Crippen LogP contribution < -0.4 is 4.90 Å². The third-order valence-corrected chi connectivity index (χ3v) is 2.99. The third-order valence-electron chi connectivity index (χ3n) is 2.99. The van der Waals surface area contributed by atoms with Crippen molar-refractivity contribution in [2.24, 2.45) is 0 Å². The normalized spacial score (nSPS) is 16.1. The summed E-state index contributed by atoms with van der Waals surface area (Å²) in [7, 11) is 0. The summed E-state index contributed by atoms with van der Waals surface area (Å²) in [5.74, 6) is 0.273. The van der Waals surface area contributed by atoms with Crippen molar-refractivity contribution < 1.29 is 4.79 Å². The fourth-order valence-corrected chi connectivity index (χ4v) is 2.13.